The van der Waals surface area contributed by atoms with E-state index in [2.05, 4.69) is 10.2 Å². The third-order valence-corrected chi connectivity index (χ3v) is 4.67. The summed E-state index contributed by atoms with van der Waals surface area (Å²) in [5.41, 5.74) is 0.380. The van der Waals surface area contributed by atoms with Gasteiger partial charge < -0.3 is 10.2 Å². The molecule has 2 bridgehead atoms. The Bertz CT molecular complexity index is 457. The standard InChI is InChI=1S/C14H17ClF2N2/c1-18-9-6-10-2-3-11(7-9)19(10)14-12(15)4-8(16)5-13(14)17/h4-5,9-11,18H,2-3,6-7H2,1H3. The van der Waals surface area contributed by atoms with Crippen LogP contribution in [-0.2, 0) is 0 Å². The second kappa shape index (κ2) is 4.91. The zero-order chi connectivity index (χ0) is 13.6. The smallest absolute Gasteiger partial charge is 0.150 e. The first-order chi connectivity index (χ1) is 9.10. The number of rotatable bonds is 2. The highest BCUT2D eigenvalue weighted by molar-refractivity contribution is 6.33. The molecule has 2 fully saturated rings. The molecule has 0 saturated carbocycles. The maximum Gasteiger partial charge on any atom is 0.150 e. The largest absolute Gasteiger partial charge is 0.362 e. The quantitative estimate of drug-likeness (QED) is 0.897. The second-order valence-electron chi connectivity index (χ2n) is 5.47. The van der Waals surface area contributed by atoms with Crippen LogP contribution in [0.4, 0.5) is 14.5 Å². The summed E-state index contributed by atoms with van der Waals surface area (Å²) in [6.07, 6.45) is 4.08. The van der Waals surface area contributed by atoms with Gasteiger partial charge in [0, 0.05) is 24.2 Å². The zero-order valence-electron chi connectivity index (χ0n) is 10.8. The average Bonchev–Trinajstić information content (AvgIpc) is 2.60. The van der Waals surface area contributed by atoms with Crippen molar-refractivity contribution in [1.82, 2.24) is 5.32 Å². The van der Waals surface area contributed by atoms with Crippen LogP contribution in [0.3, 0.4) is 0 Å². The van der Waals surface area contributed by atoms with E-state index >= 15 is 0 Å². The minimum absolute atomic E-state index is 0.178. The molecule has 2 nitrogen and oxygen atoms in total. The van der Waals surface area contributed by atoms with E-state index in [0.29, 0.717) is 23.8 Å². The van der Waals surface area contributed by atoms with Crippen LogP contribution in [0.1, 0.15) is 25.7 Å². The fraction of sp³-hybridized carbons (Fsp3) is 0.571. The SMILES string of the molecule is CNC1CC2CCC(C1)N2c1c(F)cc(F)cc1Cl. The number of fused-ring (bicyclic) bond motifs is 2. The van der Waals surface area contributed by atoms with Gasteiger partial charge in [-0.1, -0.05) is 11.6 Å². The highest BCUT2D eigenvalue weighted by Gasteiger charge is 2.42. The van der Waals surface area contributed by atoms with Crippen LogP contribution < -0.4 is 10.2 Å². The molecule has 2 aliphatic heterocycles. The number of benzene rings is 1. The normalized spacial score (nSPS) is 29.9. The highest BCUT2D eigenvalue weighted by atomic mass is 35.5. The first-order valence-corrected chi connectivity index (χ1v) is 7.08. The van der Waals surface area contributed by atoms with E-state index in [4.69, 9.17) is 11.6 Å². The number of nitrogens with one attached hydrogen (secondary N) is 1. The van der Waals surface area contributed by atoms with Gasteiger partial charge in [-0.3, -0.25) is 0 Å². The molecule has 104 valence electrons. The van der Waals surface area contributed by atoms with Gasteiger partial charge in [0.1, 0.15) is 5.82 Å². The van der Waals surface area contributed by atoms with Crippen LogP contribution in [0.5, 0.6) is 0 Å². The van der Waals surface area contributed by atoms with E-state index in [1.165, 1.54) is 6.07 Å². The van der Waals surface area contributed by atoms with Crippen molar-refractivity contribution >= 4 is 17.3 Å². The van der Waals surface area contributed by atoms with E-state index in [-0.39, 0.29) is 5.02 Å². The molecule has 3 rings (SSSR count). The van der Waals surface area contributed by atoms with Gasteiger partial charge in [-0.2, -0.15) is 0 Å². The summed E-state index contributed by atoms with van der Waals surface area (Å²) in [4.78, 5) is 2.07. The number of nitrogens with zero attached hydrogens (tertiary/aromatic N) is 1. The molecule has 5 heteroatoms. The second-order valence-corrected chi connectivity index (χ2v) is 5.87. The fourth-order valence-corrected chi connectivity index (χ4v) is 3.85. The van der Waals surface area contributed by atoms with Crippen molar-refractivity contribution in [2.45, 2.75) is 43.8 Å². The molecule has 0 aliphatic carbocycles. The predicted molar refractivity (Wildman–Crippen MR) is 72.7 cm³/mol. The number of anilines is 1. The fourth-order valence-electron chi connectivity index (χ4n) is 3.56. The zero-order valence-corrected chi connectivity index (χ0v) is 11.6. The molecule has 0 radical (unpaired) electrons. The van der Waals surface area contributed by atoms with Crippen LogP contribution in [0.2, 0.25) is 5.02 Å². The Hall–Kier alpha value is -0.870. The third kappa shape index (κ3) is 2.21. The van der Waals surface area contributed by atoms with E-state index in [0.717, 1.165) is 31.7 Å². The van der Waals surface area contributed by atoms with E-state index < -0.39 is 11.6 Å². The summed E-state index contributed by atoms with van der Waals surface area (Å²) in [5, 5.41) is 3.48. The Morgan fingerprint density at radius 3 is 2.37 bits per heavy atom. The Balaban J connectivity index is 1.96. The van der Waals surface area contributed by atoms with Gasteiger partial charge in [0.25, 0.3) is 0 Å². The summed E-state index contributed by atoms with van der Waals surface area (Å²) in [6, 6.07) is 3.20. The van der Waals surface area contributed by atoms with Crippen molar-refractivity contribution in [3.63, 3.8) is 0 Å². The molecule has 1 aromatic rings. The Labute approximate surface area is 116 Å². The molecule has 1 N–H and O–H groups in total. The van der Waals surface area contributed by atoms with Gasteiger partial charge in [0.05, 0.1) is 10.7 Å². The molecule has 1 aromatic carbocycles. The number of hydrogen-bond acceptors (Lipinski definition) is 2. The maximum atomic E-state index is 14.1. The minimum Gasteiger partial charge on any atom is -0.362 e. The predicted octanol–water partition coefficient (Wildman–Crippen LogP) is 3.34. The number of piperidine rings is 1. The molecular formula is C14H17ClF2N2. The van der Waals surface area contributed by atoms with Crippen molar-refractivity contribution in [2.75, 3.05) is 11.9 Å². The summed E-state index contributed by atoms with van der Waals surface area (Å²) in [6.45, 7) is 0. The summed E-state index contributed by atoms with van der Waals surface area (Å²) < 4.78 is 27.2. The Kier molecular flexibility index (Phi) is 3.39. The molecule has 19 heavy (non-hydrogen) atoms. The van der Waals surface area contributed by atoms with Crippen LogP contribution in [0.15, 0.2) is 12.1 Å². The van der Waals surface area contributed by atoms with Crippen molar-refractivity contribution in [3.8, 4) is 0 Å². The average molecular weight is 287 g/mol. The summed E-state index contributed by atoms with van der Waals surface area (Å²) in [5.74, 6) is -1.17. The van der Waals surface area contributed by atoms with Gasteiger partial charge in [0.2, 0.25) is 0 Å². The highest BCUT2D eigenvalue weighted by Crippen LogP contribution is 2.43. The lowest BCUT2D eigenvalue weighted by atomic mass is 9.96. The van der Waals surface area contributed by atoms with Gasteiger partial charge in [-0.25, -0.2) is 8.78 Å². The van der Waals surface area contributed by atoms with Crippen LogP contribution in [-0.4, -0.2) is 25.2 Å². The van der Waals surface area contributed by atoms with Gasteiger partial charge in [-0.15, -0.1) is 0 Å². The van der Waals surface area contributed by atoms with E-state index in [9.17, 15) is 8.78 Å². The Morgan fingerprint density at radius 1 is 1.21 bits per heavy atom. The molecule has 2 atom stereocenters. The molecule has 2 heterocycles. The monoisotopic (exact) mass is 286 g/mol. The molecule has 0 spiro atoms. The molecule has 0 amide bonds. The van der Waals surface area contributed by atoms with Gasteiger partial charge >= 0.3 is 0 Å². The van der Waals surface area contributed by atoms with Crippen molar-refractivity contribution in [1.29, 1.82) is 0 Å². The first-order valence-electron chi connectivity index (χ1n) is 6.70. The van der Waals surface area contributed by atoms with Crippen LogP contribution in [0, 0.1) is 11.6 Å². The van der Waals surface area contributed by atoms with E-state index in [1.807, 2.05) is 7.05 Å². The van der Waals surface area contributed by atoms with Crippen molar-refractivity contribution in [2.24, 2.45) is 0 Å². The maximum absolute atomic E-state index is 14.1. The third-order valence-electron chi connectivity index (χ3n) is 4.38. The number of halogens is 3. The summed E-state index contributed by atoms with van der Waals surface area (Å²) >= 11 is 6.06. The van der Waals surface area contributed by atoms with Crippen molar-refractivity contribution < 1.29 is 8.78 Å². The minimum atomic E-state index is -0.622. The van der Waals surface area contributed by atoms with Gasteiger partial charge in [-0.05, 0) is 38.8 Å². The van der Waals surface area contributed by atoms with Crippen LogP contribution >= 0.6 is 11.6 Å². The lowest BCUT2D eigenvalue weighted by molar-refractivity contribution is 0.370. The summed E-state index contributed by atoms with van der Waals surface area (Å²) in [7, 11) is 1.96. The van der Waals surface area contributed by atoms with Crippen LogP contribution in [0.25, 0.3) is 0 Å². The first kappa shape index (κ1) is 13.1. The van der Waals surface area contributed by atoms with E-state index in [1.54, 1.807) is 0 Å². The molecule has 2 aliphatic rings. The lowest BCUT2D eigenvalue weighted by Crippen LogP contribution is -2.48. The lowest BCUT2D eigenvalue weighted by Gasteiger charge is -2.41. The van der Waals surface area contributed by atoms with Crippen molar-refractivity contribution in [3.05, 3.63) is 28.8 Å². The molecular weight excluding hydrogens is 270 g/mol. The molecule has 0 aromatic heterocycles. The topological polar surface area (TPSA) is 15.3 Å². The molecule has 2 unspecified atom stereocenters. The Morgan fingerprint density at radius 2 is 1.84 bits per heavy atom. The van der Waals surface area contributed by atoms with Gasteiger partial charge in [0.15, 0.2) is 5.82 Å². The number of hydrogen-bond donors (Lipinski definition) is 1. The molecule has 2 saturated heterocycles.